The topological polar surface area (TPSA) is 118 Å². The number of anilines is 2. The van der Waals surface area contributed by atoms with Gasteiger partial charge < -0.3 is 10.6 Å². The SMILES string of the molecule is CC(=O)Nc1ccc(SC(C(=O)Nc2ccc(S(N)(=O)=O)cc2)c2ccccc2)cc1. The van der Waals surface area contributed by atoms with Gasteiger partial charge in [-0.3, -0.25) is 9.59 Å². The molecule has 0 fully saturated rings. The molecule has 3 aromatic carbocycles. The average Bonchev–Trinajstić information content (AvgIpc) is 2.73. The summed E-state index contributed by atoms with van der Waals surface area (Å²) >= 11 is 1.36. The Morgan fingerprint density at radius 2 is 1.39 bits per heavy atom. The number of nitrogens with one attached hydrogen (secondary N) is 2. The highest BCUT2D eigenvalue weighted by Gasteiger charge is 2.22. The van der Waals surface area contributed by atoms with E-state index in [9.17, 15) is 18.0 Å². The van der Waals surface area contributed by atoms with Gasteiger partial charge in [-0.2, -0.15) is 0 Å². The summed E-state index contributed by atoms with van der Waals surface area (Å²) < 4.78 is 22.8. The summed E-state index contributed by atoms with van der Waals surface area (Å²) in [5, 5.41) is 10.1. The molecule has 31 heavy (non-hydrogen) atoms. The quantitative estimate of drug-likeness (QED) is 0.469. The van der Waals surface area contributed by atoms with E-state index in [2.05, 4.69) is 10.6 Å². The Bertz CT molecular complexity index is 1160. The minimum Gasteiger partial charge on any atom is -0.326 e. The summed E-state index contributed by atoms with van der Waals surface area (Å²) in [7, 11) is -3.80. The molecule has 0 saturated heterocycles. The van der Waals surface area contributed by atoms with Crippen LogP contribution in [0.5, 0.6) is 0 Å². The fourth-order valence-corrected chi connectivity index (χ4v) is 4.33. The third kappa shape index (κ3) is 6.42. The number of sulfonamides is 1. The molecular weight excluding hydrogens is 434 g/mol. The first-order chi connectivity index (χ1) is 14.7. The molecule has 0 radical (unpaired) electrons. The van der Waals surface area contributed by atoms with E-state index in [-0.39, 0.29) is 16.7 Å². The van der Waals surface area contributed by atoms with Crippen LogP contribution in [0, 0.1) is 0 Å². The van der Waals surface area contributed by atoms with Crippen molar-refractivity contribution >= 4 is 45.0 Å². The van der Waals surface area contributed by atoms with Gasteiger partial charge in [-0.05, 0) is 54.1 Å². The van der Waals surface area contributed by atoms with Crippen LogP contribution in [0.2, 0.25) is 0 Å². The van der Waals surface area contributed by atoms with E-state index in [0.717, 1.165) is 10.5 Å². The van der Waals surface area contributed by atoms with Gasteiger partial charge in [0.1, 0.15) is 5.25 Å². The third-order valence-corrected chi connectivity index (χ3v) is 6.41. The standard InChI is InChI=1S/C22H21N3O4S2/c1-15(26)24-17-7-11-19(12-8-17)30-21(16-5-3-2-4-6-16)22(27)25-18-9-13-20(14-10-18)31(23,28)29/h2-14,21H,1H3,(H,24,26)(H,25,27)(H2,23,28,29). The maximum absolute atomic E-state index is 13.1. The molecule has 1 unspecified atom stereocenters. The summed E-state index contributed by atoms with van der Waals surface area (Å²) in [6.45, 7) is 1.44. The van der Waals surface area contributed by atoms with Gasteiger partial charge in [0, 0.05) is 23.2 Å². The van der Waals surface area contributed by atoms with Crippen molar-refractivity contribution in [3.05, 3.63) is 84.4 Å². The number of primary sulfonamides is 1. The lowest BCUT2D eigenvalue weighted by molar-refractivity contribution is -0.116. The lowest BCUT2D eigenvalue weighted by atomic mass is 10.1. The molecule has 0 heterocycles. The van der Waals surface area contributed by atoms with Crippen LogP contribution in [0.4, 0.5) is 11.4 Å². The van der Waals surface area contributed by atoms with Crippen LogP contribution in [0.3, 0.4) is 0 Å². The molecule has 3 rings (SSSR count). The zero-order valence-corrected chi connectivity index (χ0v) is 18.2. The molecule has 7 nitrogen and oxygen atoms in total. The van der Waals surface area contributed by atoms with Gasteiger partial charge >= 0.3 is 0 Å². The highest BCUT2D eigenvalue weighted by Crippen LogP contribution is 2.36. The average molecular weight is 456 g/mol. The van der Waals surface area contributed by atoms with Crippen molar-refractivity contribution in [3.8, 4) is 0 Å². The fraction of sp³-hybridized carbons (Fsp3) is 0.0909. The summed E-state index contributed by atoms with van der Waals surface area (Å²) in [6, 6.07) is 22.2. The predicted octanol–water partition coefficient (Wildman–Crippen LogP) is 3.76. The lowest BCUT2D eigenvalue weighted by Gasteiger charge is -2.17. The van der Waals surface area contributed by atoms with Crippen LogP contribution in [0.1, 0.15) is 17.7 Å². The normalized spacial score (nSPS) is 12.1. The molecule has 0 bridgehead atoms. The second kappa shape index (κ2) is 9.78. The van der Waals surface area contributed by atoms with Crippen molar-refractivity contribution < 1.29 is 18.0 Å². The maximum atomic E-state index is 13.1. The van der Waals surface area contributed by atoms with Crippen LogP contribution in [-0.2, 0) is 19.6 Å². The Morgan fingerprint density at radius 3 is 1.94 bits per heavy atom. The molecule has 0 aliphatic carbocycles. The van der Waals surface area contributed by atoms with Crippen molar-refractivity contribution in [2.45, 2.75) is 22.0 Å². The Hall–Kier alpha value is -3.14. The molecule has 0 saturated carbocycles. The fourth-order valence-electron chi connectivity index (χ4n) is 2.79. The van der Waals surface area contributed by atoms with Crippen molar-refractivity contribution in [1.82, 2.24) is 0 Å². The highest BCUT2D eigenvalue weighted by atomic mass is 32.2. The van der Waals surface area contributed by atoms with E-state index < -0.39 is 15.3 Å². The zero-order valence-electron chi connectivity index (χ0n) is 16.6. The Kier molecular flexibility index (Phi) is 7.11. The van der Waals surface area contributed by atoms with Gasteiger partial charge in [0.15, 0.2) is 0 Å². The number of hydrogen-bond donors (Lipinski definition) is 3. The lowest BCUT2D eigenvalue weighted by Crippen LogP contribution is -2.19. The number of rotatable bonds is 7. The first kappa shape index (κ1) is 22.5. The molecule has 4 N–H and O–H groups in total. The van der Waals surface area contributed by atoms with Gasteiger partial charge in [-0.25, -0.2) is 13.6 Å². The van der Waals surface area contributed by atoms with E-state index in [1.165, 1.54) is 43.0 Å². The summed E-state index contributed by atoms with van der Waals surface area (Å²) in [6.07, 6.45) is 0. The number of carbonyl (C=O) groups excluding carboxylic acids is 2. The minimum atomic E-state index is -3.80. The van der Waals surface area contributed by atoms with Crippen LogP contribution in [0.15, 0.2) is 88.7 Å². The van der Waals surface area contributed by atoms with Crippen molar-refractivity contribution in [2.24, 2.45) is 5.14 Å². The van der Waals surface area contributed by atoms with Gasteiger partial charge in [-0.1, -0.05) is 30.3 Å². The summed E-state index contributed by atoms with van der Waals surface area (Å²) in [4.78, 5) is 25.1. The van der Waals surface area contributed by atoms with E-state index >= 15 is 0 Å². The van der Waals surface area contributed by atoms with E-state index in [1.807, 2.05) is 42.5 Å². The number of amides is 2. The molecule has 160 valence electrons. The smallest absolute Gasteiger partial charge is 0.242 e. The van der Waals surface area contributed by atoms with Crippen LogP contribution < -0.4 is 15.8 Å². The molecule has 0 aromatic heterocycles. The van der Waals surface area contributed by atoms with Crippen molar-refractivity contribution in [3.63, 3.8) is 0 Å². The van der Waals surface area contributed by atoms with Crippen molar-refractivity contribution in [2.75, 3.05) is 10.6 Å². The van der Waals surface area contributed by atoms with Gasteiger partial charge in [0.05, 0.1) is 4.90 Å². The predicted molar refractivity (Wildman–Crippen MR) is 122 cm³/mol. The monoisotopic (exact) mass is 455 g/mol. The third-order valence-electron chi connectivity index (χ3n) is 4.22. The van der Waals surface area contributed by atoms with Crippen molar-refractivity contribution in [1.29, 1.82) is 0 Å². The first-order valence-corrected chi connectivity index (χ1v) is 11.7. The maximum Gasteiger partial charge on any atom is 0.242 e. The summed E-state index contributed by atoms with van der Waals surface area (Å²) in [5.74, 6) is -0.416. The van der Waals surface area contributed by atoms with Crippen LogP contribution in [-0.4, -0.2) is 20.2 Å². The van der Waals surface area contributed by atoms with E-state index in [0.29, 0.717) is 11.4 Å². The van der Waals surface area contributed by atoms with Crippen LogP contribution in [0.25, 0.3) is 0 Å². The largest absolute Gasteiger partial charge is 0.326 e. The molecular formula is C22H21N3O4S2. The van der Waals surface area contributed by atoms with Crippen LogP contribution >= 0.6 is 11.8 Å². The number of hydrogen-bond acceptors (Lipinski definition) is 5. The van der Waals surface area contributed by atoms with Gasteiger partial charge in [-0.15, -0.1) is 11.8 Å². The number of carbonyl (C=O) groups is 2. The second-order valence-corrected chi connectivity index (χ2v) is 9.41. The first-order valence-electron chi connectivity index (χ1n) is 9.25. The second-order valence-electron chi connectivity index (χ2n) is 6.67. The van der Waals surface area contributed by atoms with Gasteiger partial charge in [0.2, 0.25) is 21.8 Å². The highest BCUT2D eigenvalue weighted by molar-refractivity contribution is 8.00. The molecule has 2 amide bonds. The molecule has 0 spiro atoms. The molecule has 0 aliphatic rings. The number of thioether (sulfide) groups is 1. The molecule has 1 atom stereocenters. The Morgan fingerprint density at radius 1 is 0.839 bits per heavy atom. The molecule has 0 aliphatic heterocycles. The number of nitrogens with two attached hydrogens (primary N) is 1. The van der Waals surface area contributed by atoms with Gasteiger partial charge in [0.25, 0.3) is 0 Å². The minimum absolute atomic E-state index is 0.0289. The Balaban J connectivity index is 1.80. The van der Waals surface area contributed by atoms with E-state index in [4.69, 9.17) is 5.14 Å². The van der Waals surface area contributed by atoms with E-state index in [1.54, 1.807) is 12.1 Å². The zero-order chi connectivity index (χ0) is 22.4. The Labute approximate surface area is 185 Å². The molecule has 9 heteroatoms. The molecule has 3 aromatic rings. The summed E-state index contributed by atoms with van der Waals surface area (Å²) in [5.41, 5.74) is 1.95. The number of benzene rings is 3.